The van der Waals surface area contributed by atoms with Crippen molar-refractivity contribution in [3.05, 3.63) is 69.8 Å². The fourth-order valence-electron chi connectivity index (χ4n) is 6.48. The number of likely N-dealkylation sites (tertiary alicyclic amines) is 1. The molecule has 10 nitrogen and oxygen atoms in total. The molecule has 2 aromatic carbocycles. The van der Waals surface area contributed by atoms with Gasteiger partial charge in [0.1, 0.15) is 17.4 Å². The van der Waals surface area contributed by atoms with Crippen molar-refractivity contribution in [2.24, 2.45) is 11.7 Å². The van der Waals surface area contributed by atoms with Crippen molar-refractivity contribution in [2.45, 2.75) is 50.2 Å². The maximum absolute atomic E-state index is 15.8. The third kappa shape index (κ3) is 5.28. The fraction of sp³-hybridized carbons (Fsp3) is 0.400. The molecule has 1 aliphatic carbocycles. The van der Waals surface area contributed by atoms with Crippen molar-refractivity contribution in [1.29, 1.82) is 5.26 Å². The van der Waals surface area contributed by atoms with Gasteiger partial charge < -0.3 is 29.9 Å². The summed E-state index contributed by atoms with van der Waals surface area (Å²) in [7, 11) is 0. The third-order valence-electron chi connectivity index (χ3n) is 8.45. The summed E-state index contributed by atoms with van der Waals surface area (Å²) in [5.74, 6) is -1.24. The van der Waals surface area contributed by atoms with Crippen molar-refractivity contribution in [3.8, 4) is 11.8 Å². The van der Waals surface area contributed by atoms with Crippen molar-refractivity contribution < 1.29 is 23.8 Å². The Morgan fingerprint density at radius 3 is 2.60 bits per heavy atom. The highest BCUT2D eigenvalue weighted by Crippen LogP contribution is 2.42. The highest BCUT2D eigenvalue weighted by molar-refractivity contribution is 5.92. The molecule has 42 heavy (non-hydrogen) atoms. The van der Waals surface area contributed by atoms with Gasteiger partial charge in [-0.1, -0.05) is 30.3 Å². The maximum atomic E-state index is 15.8. The summed E-state index contributed by atoms with van der Waals surface area (Å²) in [6.07, 6.45) is 3.28. The van der Waals surface area contributed by atoms with Gasteiger partial charge in [-0.3, -0.25) is 9.59 Å². The van der Waals surface area contributed by atoms with Crippen LogP contribution in [0.2, 0.25) is 0 Å². The van der Waals surface area contributed by atoms with Crippen LogP contribution in [0, 0.1) is 23.1 Å². The molecule has 0 spiro atoms. The Balaban J connectivity index is 0.00000353. The van der Waals surface area contributed by atoms with E-state index in [-0.39, 0.29) is 58.5 Å². The van der Waals surface area contributed by atoms with Gasteiger partial charge in [-0.15, -0.1) is 12.4 Å². The number of piperidine rings is 1. The molecule has 2 aliphatic heterocycles. The number of nitriles is 1. The Labute approximate surface area is 247 Å². The average Bonchev–Trinajstić information content (AvgIpc) is 3.71. The minimum Gasteiger partial charge on any atom is -0.449 e. The van der Waals surface area contributed by atoms with Crippen LogP contribution < -0.4 is 20.8 Å². The number of carbonyl (C=O) groups is 2. The molecule has 3 aliphatic rings. The number of carbonyl (C=O) groups excluding carboxylic acids is 1. The number of aromatic nitrogens is 1. The van der Waals surface area contributed by atoms with Gasteiger partial charge in [0, 0.05) is 25.7 Å². The van der Waals surface area contributed by atoms with Gasteiger partial charge in [-0.2, -0.15) is 5.26 Å². The third-order valence-corrected chi connectivity index (χ3v) is 8.45. The molecule has 1 saturated carbocycles. The van der Waals surface area contributed by atoms with Gasteiger partial charge in [-0.05, 0) is 49.7 Å². The highest BCUT2D eigenvalue weighted by Gasteiger charge is 2.43. The molecule has 3 N–H and O–H groups in total. The first-order chi connectivity index (χ1) is 19.8. The number of hydrogen-bond donors (Lipinski definition) is 2. The summed E-state index contributed by atoms with van der Waals surface area (Å²) in [5, 5.41) is 19.3. The largest absolute Gasteiger partial charge is 0.511 e. The van der Waals surface area contributed by atoms with Gasteiger partial charge in [-0.25, -0.2) is 9.18 Å². The lowest BCUT2D eigenvalue weighted by Gasteiger charge is -2.38. The van der Waals surface area contributed by atoms with E-state index in [2.05, 4.69) is 6.07 Å². The molecule has 0 radical (unpaired) electrons. The van der Waals surface area contributed by atoms with E-state index in [4.69, 9.17) is 15.6 Å². The Kier molecular flexibility index (Phi) is 8.12. The number of hydrogen-bond acceptors (Lipinski definition) is 7. The second-order valence-corrected chi connectivity index (χ2v) is 11.1. The summed E-state index contributed by atoms with van der Waals surface area (Å²) in [6, 6.07) is 11.9. The quantitative estimate of drug-likeness (QED) is 0.410. The summed E-state index contributed by atoms with van der Waals surface area (Å²) >= 11 is 0. The topological polar surface area (TPSA) is 142 Å². The number of anilines is 1. The minimum absolute atomic E-state index is 0. The van der Waals surface area contributed by atoms with Gasteiger partial charge in [0.25, 0.3) is 0 Å². The van der Waals surface area contributed by atoms with Crippen LogP contribution in [0.15, 0.2) is 47.4 Å². The number of nitrogens with two attached hydrogens (primary N) is 1. The van der Waals surface area contributed by atoms with Crippen LogP contribution in [0.25, 0.3) is 10.9 Å². The smallest absolute Gasteiger partial charge is 0.449 e. The van der Waals surface area contributed by atoms with Gasteiger partial charge in [0.05, 0.1) is 34.9 Å². The first-order valence-corrected chi connectivity index (χ1v) is 13.8. The molecule has 3 heterocycles. The monoisotopic (exact) mass is 595 g/mol. The fourth-order valence-corrected chi connectivity index (χ4v) is 6.48. The van der Waals surface area contributed by atoms with E-state index < -0.39 is 29.2 Å². The number of nitrogens with zero attached hydrogens (tertiary/aromatic N) is 4. The molecule has 3 fully saturated rings. The maximum Gasteiger partial charge on any atom is 0.511 e. The van der Waals surface area contributed by atoms with Crippen LogP contribution in [-0.2, 0) is 11.2 Å². The number of carboxylic acid groups (broad SMARTS) is 1. The van der Waals surface area contributed by atoms with E-state index in [1.54, 1.807) is 9.47 Å². The second kappa shape index (κ2) is 11.6. The summed E-state index contributed by atoms with van der Waals surface area (Å²) in [5.41, 5.74) is 6.92. The van der Waals surface area contributed by atoms with Crippen molar-refractivity contribution in [1.82, 2.24) is 9.47 Å². The van der Waals surface area contributed by atoms with E-state index >= 15 is 4.39 Å². The minimum atomic E-state index is -1.65. The molecule has 0 bridgehead atoms. The van der Waals surface area contributed by atoms with Crippen LogP contribution >= 0.6 is 12.4 Å². The summed E-state index contributed by atoms with van der Waals surface area (Å²) < 4.78 is 22.2. The van der Waals surface area contributed by atoms with Crippen molar-refractivity contribution >= 4 is 41.1 Å². The Morgan fingerprint density at radius 2 is 1.93 bits per heavy atom. The normalized spacial score (nSPS) is 20.4. The molecule has 1 aromatic heterocycles. The van der Waals surface area contributed by atoms with Gasteiger partial charge >= 0.3 is 6.16 Å². The standard InChI is InChI=1S/C30H30FN5O5.ClH/c31-22-12-20-26(36(19-8-9-19)16-25(28(20)37)41-30(39)40)21(13-32)27(22)34-14-18-7-4-10-35(24(18)15-34)29(38)23(33)11-17-5-2-1-3-6-17;/h1-3,5-6,12,16,18-19,23-24H,4,7-11,14-15,33H2,(H,39,40);1H/t18-,23-,24+;/m0./s1. The average molecular weight is 596 g/mol. The Hall–Kier alpha value is -4.14. The molecular weight excluding hydrogens is 565 g/mol. The number of pyridine rings is 1. The van der Waals surface area contributed by atoms with E-state index in [1.165, 1.54) is 6.20 Å². The predicted molar refractivity (Wildman–Crippen MR) is 156 cm³/mol. The number of fused-ring (bicyclic) bond motifs is 2. The second-order valence-electron chi connectivity index (χ2n) is 11.1. The number of rotatable bonds is 6. The van der Waals surface area contributed by atoms with Crippen LogP contribution in [0.1, 0.15) is 42.9 Å². The first-order valence-electron chi connectivity index (χ1n) is 13.8. The molecule has 0 unspecified atom stereocenters. The highest BCUT2D eigenvalue weighted by atomic mass is 35.5. The Morgan fingerprint density at radius 1 is 1.19 bits per heavy atom. The SMILES string of the molecule is Cl.N#Cc1c(N2C[C@@H]3CCCN(C(=O)[C@@H](N)Cc4ccccc4)[C@@H]3C2)c(F)cc2c(=O)c(OC(=O)O)cn(C3CC3)c12. The van der Waals surface area contributed by atoms with Crippen LogP contribution in [0.5, 0.6) is 5.75 Å². The first kappa shape index (κ1) is 29.4. The van der Waals surface area contributed by atoms with Gasteiger partial charge in [0.15, 0.2) is 5.75 Å². The van der Waals surface area contributed by atoms with Crippen LogP contribution in [0.3, 0.4) is 0 Å². The summed E-state index contributed by atoms with van der Waals surface area (Å²) in [6.45, 7) is 1.35. The Bertz CT molecular complexity index is 1640. The number of amides is 1. The molecule has 1 amide bonds. The molecule has 220 valence electrons. The van der Waals surface area contributed by atoms with E-state index in [0.29, 0.717) is 26.1 Å². The molecule has 3 atom stereocenters. The predicted octanol–water partition coefficient (Wildman–Crippen LogP) is 3.82. The lowest BCUT2D eigenvalue weighted by atomic mass is 9.91. The van der Waals surface area contributed by atoms with Crippen LogP contribution in [-0.4, -0.2) is 58.4 Å². The molecule has 6 rings (SSSR count). The van der Waals surface area contributed by atoms with Gasteiger partial charge in [0.2, 0.25) is 11.3 Å². The van der Waals surface area contributed by atoms with Crippen molar-refractivity contribution in [3.63, 3.8) is 0 Å². The number of benzene rings is 2. The van der Waals surface area contributed by atoms with Crippen LogP contribution in [0.4, 0.5) is 14.9 Å². The zero-order valence-corrected chi connectivity index (χ0v) is 23.6. The zero-order chi connectivity index (χ0) is 28.8. The number of halogens is 2. The number of ether oxygens (including phenoxy) is 1. The molecular formula is C30H31ClFN5O5. The molecule has 3 aromatic rings. The lowest BCUT2D eigenvalue weighted by molar-refractivity contribution is -0.136. The van der Waals surface area contributed by atoms with Crippen molar-refractivity contribution in [2.75, 3.05) is 24.5 Å². The van der Waals surface area contributed by atoms with E-state index in [0.717, 1.165) is 37.3 Å². The summed E-state index contributed by atoms with van der Waals surface area (Å²) in [4.78, 5) is 41.4. The lowest BCUT2D eigenvalue weighted by Crippen LogP contribution is -2.54. The van der Waals surface area contributed by atoms with E-state index in [1.807, 2.05) is 35.2 Å². The zero-order valence-electron chi connectivity index (χ0n) is 22.7. The molecule has 2 saturated heterocycles. The van der Waals surface area contributed by atoms with E-state index in [9.17, 15) is 19.6 Å². The molecule has 12 heteroatoms.